The molecule has 0 aromatic carbocycles. The molecule has 1 heterocycles. The summed E-state index contributed by atoms with van der Waals surface area (Å²) in [6.07, 6.45) is -0.569. The highest BCUT2D eigenvalue weighted by molar-refractivity contribution is 5.97. The lowest BCUT2D eigenvalue weighted by Gasteiger charge is -2.17. The fraction of sp³-hybridized carbons (Fsp3) is 0.556. The molecular formula is C9H16N4O2. The van der Waals surface area contributed by atoms with Crippen LogP contribution in [0.5, 0.6) is 0 Å². The zero-order valence-corrected chi connectivity index (χ0v) is 9.11. The molecule has 6 heteroatoms. The van der Waals surface area contributed by atoms with Crippen molar-refractivity contribution in [2.24, 2.45) is 0 Å². The number of aromatic nitrogens is 2. The van der Waals surface area contributed by atoms with Crippen molar-refractivity contribution >= 4 is 11.6 Å². The number of H-pyrrole nitrogens is 1. The number of anilines is 1. The van der Waals surface area contributed by atoms with E-state index in [9.17, 15) is 4.79 Å². The van der Waals surface area contributed by atoms with Crippen LogP contribution in [0.3, 0.4) is 0 Å². The van der Waals surface area contributed by atoms with Crippen LogP contribution in [0.2, 0.25) is 0 Å². The first-order valence-electron chi connectivity index (χ1n) is 4.67. The van der Waals surface area contributed by atoms with Gasteiger partial charge in [-0.2, -0.15) is 5.10 Å². The summed E-state index contributed by atoms with van der Waals surface area (Å²) < 4.78 is 0. The second kappa shape index (κ2) is 4.31. The summed E-state index contributed by atoms with van der Waals surface area (Å²) in [4.78, 5) is 13.2. The minimum absolute atomic E-state index is 0.204. The predicted molar refractivity (Wildman–Crippen MR) is 56.4 cm³/mol. The van der Waals surface area contributed by atoms with Crippen LogP contribution in [0.4, 0.5) is 5.69 Å². The molecule has 84 valence electrons. The number of likely N-dealkylation sites (N-methyl/N-ethyl adjacent to an activating group) is 1. The van der Waals surface area contributed by atoms with E-state index in [1.807, 2.05) is 0 Å². The van der Waals surface area contributed by atoms with E-state index in [0.717, 1.165) is 0 Å². The number of aromatic amines is 1. The summed E-state index contributed by atoms with van der Waals surface area (Å²) in [5, 5.41) is 15.6. The van der Waals surface area contributed by atoms with Crippen LogP contribution < -0.4 is 5.73 Å². The highest BCUT2D eigenvalue weighted by Crippen LogP contribution is 2.14. The Kier molecular flexibility index (Phi) is 3.31. The van der Waals surface area contributed by atoms with Crippen LogP contribution >= 0.6 is 0 Å². The molecular weight excluding hydrogens is 196 g/mol. The molecule has 1 aromatic heterocycles. The Hall–Kier alpha value is -1.56. The molecule has 6 nitrogen and oxygen atoms in total. The third-order valence-corrected chi connectivity index (χ3v) is 2.08. The number of rotatable bonds is 3. The maximum Gasteiger partial charge on any atom is 0.276 e. The second-order valence-corrected chi connectivity index (χ2v) is 3.65. The summed E-state index contributed by atoms with van der Waals surface area (Å²) in [5.41, 5.74) is 6.90. The van der Waals surface area contributed by atoms with Crippen molar-refractivity contribution in [3.05, 3.63) is 11.4 Å². The minimum atomic E-state index is -0.569. The van der Waals surface area contributed by atoms with Gasteiger partial charge in [-0.3, -0.25) is 9.89 Å². The van der Waals surface area contributed by atoms with Crippen LogP contribution in [-0.2, 0) is 0 Å². The van der Waals surface area contributed by atoms with E-state index in [1.54, 1.807) is 20.9 Å². The molecule has 0 bridgehead atoms. The van der Waals surface area contributed by atoms with Gasteiger partial charge in [0.05, 0.1) is 17.5 Å². The van der Waals surface area contributed by atoms with Crippen LogP contribution in [0, 0.1) is 6.92 Å². The molecule has 0 radical (unpaired) electrons. The average molecular weight is 212 g/mol. The molecule has 1 aromatic rings. The number of carbonyl (C=O) groups is 1. The highest BCUT2D eigenvalue weighted by atomic mass is 16.3. The number of carbonyl (C=O) groups excluding carboxylic acids is 1. The maximum absolute atomic E-state index is 11.8. The first-order valence-corrected chi connectivity index (χ1v) is 4.67. The van der Waals surface area contributed by atoms with Gasteiger partial charge in [0, 0.05) is 13.6 Å². The van der Waals surface area contributed by atoms with Gasteiger partial charge in [0.1, 0.15) is 0 Å². The Morgan fingerprint density at radius 3 is 2.73 bits per heavy atom. The number of hydrogen-bond acceptors (Lipinski definition) is 4. The topological polar surface area (TPSA) is 95.2 Å². The van der Waals surface area contributed by atoms with Crippen molar-refractivity contribution in [2.75, 3.05) is 19.3 Å². The molecule has 0 aliphatic heterocycles. The molecule has 0 saturated heterocycles. The summed E-state index contributed by atoms with van der Waals surface area (Å²) in [7, 11) is 1.60. The van der Waals surface area contributed by atoms with Gasteiger partial charge in [-0.15, -0.1) is 0 Å². The van der Waals surface area contributed by atoms with Gasteiger partial charge in [-0.05, 0) is 13.8 Å². The quantitative estimate of drug-likeness (QED) is 0.644. The summed E-state index contributed by atoms with van der Waals surface area (Å²) in [6.45, 7) is 3.61. The highest BCUT2D eigenvalue weighted by Gasteiger charge is 2.19. The van der Waals surface area contributed by atoms with Crippen molar-refractivity contribution < 1.29 is 9.90 Å². The average Bonchev–Trinajstić information content (AvgIpc) is 2.45. The number of aliphatic hydroxyl groups excluding tert-OH is 1. The molecule has 1 rings (SSSR count). The molecule has 1 unspecified atom stereocenters. The van der Waals surface area contributed by atoms with Gasteiger partial charge in [0.2, 0.25) is 0 Å². The van der Waals surface area contributed by atoms with Gasteiger partial charge in [-0.25, -0.2) is 0 Å². The first kappa shape index (κ1) is 11.5. The van der Waals surface area contributed by atoms with Crippen LogP contribution in [0.15, 0.2) is 0 Å². The maximum atomic E-state index is 11.8. The number of nitrogen functional groups attached to an aromatic ring is 1. The first-order chi connectivity index (χ1) is 6.93. The molecule has 15 heavy (non-hydrogen) atoms. The molecule has 1 atom stereocenters. The Bertz CT molecular complexity index is 359. The third-order valence-electron chi connectivity index (χ3n) is 2.08. The summed E-state index contributed by atoms with van der Waals surface area (Å²) in [5.74, 6) is -0.294. The number of amides is 1. The van der Waals surface area contributed by atoms with Crippen LogP contribution in [0.25, 0.3) is 0 Å². The molecule has 1 amide bonds. The van der Waals surface area contributed by atoms with Crippen LogP contribution in [0.1, 0.15) is 23.1 Å². The lowest BCUT2D eigenvalue weighted by Crippen LogP contribution is -2.33. The Balaban J connectivity index is 2.81. The van der Waals surface area contributed by atoms with Gasteiger partial charge in [0.25, 0.3) is 5.91 Å². The lowest BCUT2D eigenvalue weighted by atomic mass is 10.2. The molecule has 0 aliphatic carbocycles. The molecule has 0 aliphatic rings. The molecule has 0 fully saturated rings. The third kappa shape index (κ3) is 2.47. The monoisotopic (exact) mass is 212 g/mol. The number of nitrogens with zero attached hydrogens (tertiary/aromatic N) is 2. The standard InChI is InChI=1S/C9H16N4O2/c1-5(14)4-13(3)9(15)8-7(10)6(2)11-12-8/h5,14H,4,10H2,1-3H3,(H,11,12). The van der Waals surface area contributed by atoms with E-state index in [4.69, 9.17) is 10.8 Å². The summed E-state index contributed by atoms with van der Waals surface area (Å²) in [6, 6.07) is 0. The number of nitrogens with two attached hydrogens (primary N) is 1. The van der Waals surface area contributed by atoms with E-state index >= 15 is 0 Å². The zero-order valence-electron chi connectivity index (χ0n) is 9.11. The zero-order chi connectivity index (χ0) is 11.6. The molecule has 0 saturated carbocycles. The number of aliphatic hydroxyl groups is 1. The number of hydrogen-bond donors (Lipinski definition) is 3. The molecule has 0 spiro atoms. The largest absolute Gasteiger partial charge is 0.395 e. The van der Waals surface area contributed by atoms with Gasteiger partial charge < -0.3 is 15.7 Å². The van der Waals surface area contributed by atoms with Crippen molar-refractivity contribution in [1.82, 2.24) is 15.1 Å². The van der Waals surface area contributed by atoms with Crippen molar-refractivity contribution in [2.45, 2.75) is 20.0 Å². The fourth-order valence-corrected chi connectivity index (χ4v) is 1.26. The summed E-state index contributed by atoms with van der Waals surface area (Å²) >= 11 is 0. The van der Waals surface area contributed by atoms with Crippen molar-refractivity contribution in [3.8, 4) is 0 Å². The van der Waals surface area contributed by atoms with Crippen molar-refractivity contribution in [3.63, 3.8) is 0 Å². The Morgan fingerprint density at radius 2 is 2.33 bits per heavy atom. The Labute approximate surface area is 88.1 Å². The second-order valence-electron chi connectivity index (χ2n) is 3.65. The van der Waals surface area contributed by atoms with E-state index in [-0.39, 0.29) is 18.1 Å². The fourth-order valence-electron chi connectivity index (χ4n) is 1.26. The van der Waals surface area contributed by atoms with E-state index < -0.39 is 6.10 Å². The van der Waals surface area contributed by atoms with E-state index in [1.165, 1.54) is 4.90 Å². The molecule has 4 N–H and O–H groups in total. The van der Waals surface area contributed by atoms with E-state index in [0.29, 0.717) is 11.4 Å². The SMILES string of the molecule is Cc1[nH]nc(C(=O)N(C)CC(C)O)c1N. The Morgan fingerprint density at radius 1 is 1.73 bits per heavy atom. The number of nitrogens with one attached hydrogen (secondary N) is 1. The predicted octanol–water partition coefficient (Wildman–Crippen LogP) is -0.247. The lowest BCUT2D eigenvalue weighted by molar-refractivity contribution is 0.0699. The van der Waals surface area contributed by atoms with Gasteiger partial charge >= 0.3 is 0 Å². The van der Waals surface area contributed by atoms with Crippen LogP contribution in [-0.4, -0.2) is 45.8 Å². The van der Waals surface area contributed by atoms with E-state index in [2.05, 4.69) is 10.2 Å². The number of aryl methyl sites for hydroxylation is 1. The van der Waals surface area contributed by atoms with Gasteiger partial charge in [0.15, 0.2) is 5.69 Å². The normalized spacial score (nSPS) is 12.5. The minimum Gasteiger partial charge on any atom is -0.395 e. The smallest absolute Gasteiger partial charge is 0.276 e. The van der Waals surface area contributed by atoms with Crippen molar-refractivity contribution in [1.29, 1.82) is 0 Å². The van der Waals surface area contributed by atoms with Gasteiger partial charge in [-0.1, -0.05) is 0 Å².